The van der Waals surface area contributed by atoms with Gasteiger partial charge in [0, 0.05) is 70.3 Å². The number of guanidine groups is 1. The summed E-state index contributed by atoms with van der Waals surface area (Å²) in [6.07, 6.45) is 4.41. The van der Waals surface area contributed by atoms with E-state index >= 15 is 0 Å². The smallest absolute Gasteiger partial charge is 0.193 e. The molecule has 0 saturated carbocycles. The summed E-state index contributed by atoms with van der Waals surface area (Å²) in [4.78, 5) is 9.30. The first-order valence-corrected chi connectivity index (χ1v) is 10.6. The average molecular weight is 382 g/mol. The summed E-state index contributed by atoms with van der Waals surface area (Å²) in [5, 5.41) is 7.72. The van der Waals surface area contributed by atoms with Crippen LogP contribution in [-0.2, 0) is 11.3 Å². The van der Waals surface area contributed by atoms with E-state index in [0.29, 0.717) is 0 Å². The Morgan fingerprint density at radius 1 is 1.31 bits per heavy atom. The first-order valence-electron chi connectivity index (χ1n) is 9.37. The Morgan fingerprint density at radius 3 is 2.62 bits per heavy atom. The second-order valence-corrected chi connectivity index (χ2v) is 8.37. The molecule has 146 valence electrons. The van der Waals surface area contributed by atoms with Crippen LogP contribution >= 0.6 is 11.8 Å². The normalized spacial score (nSPS) is 21.8. The summed E-state index contributed by atoms with van der Waals surface area (Å²) in [5.41, 5.74) is 1.01. The summed E-state index contributed by atoms with van der Waals surface area (Å²) in [5.74, 6) is 1.89. The molecule has 1 aromatic heterocycles. The fraction of sp³-hybridized carbons (Fsp3) is 0.778. The Bertz CT molecular complexity index is 592. The van der Waals surface area contributed by atoms with Crippen LogP contribution in [0.15, 0.2) is 15.6 Å². The van der Waals surface area contributed by atoms with E-state index < -0.39 is 0 Å². The van der Waals surface area contributed by atoms with Gasteiger partial charge in [-0.05, 0) is 26.0 Å². The van der Waals surface area contributed by atoms with Crippen molar-refractivity contribution in [3.63, 3.8) is 0 Å². The lowest BCUT2D eigenvalue weighted by Crippen LogP contribution is -2.54. The molecule has 3 rings (SSSR count). The van der Waals surface area contributed by atoms with E-state index in [4.69, 9.17) is 9.26 Å². The molecule has 2 saturated heterocycles. The van der Waals surface area contributed by atoms with Crippen LogP contribution in [0.5, 0.6) is 0 Å². The highest BCUT2D eigenvalue weighted by molar-refractivity contribution is 8.00. The van der Waals surface area contributed by atoms with Crippen molar-refractivity contribution in [2.45, 2.75) is 31.1 Å². The van der Waals surface area contributed by atoms with E-state index in [1.165, 1.54) is 0 Å². The van der Waals surface area contributed by atoms with E-state index in [0.717, 1.165) is 82.7 Å². The van der Waals surface area contributed by atoms with Crippen LogP contribution in [0.4, 0.5) is 0 Å². The lowest BCUT2D eigenvalue weighted by molar-refractivity contribution is 0.0779. The Kier molecular flexibility index (Phi) is 6.83. The Morgan fingerprint density at radius 2 is 2.04 bits per heavy atom. The van der Waals surface area contributed by atoms with Gasteiger partial charge in [-0.2, -0.15) is 11.8 Å². The zero-order chi connectivity index (χ0) is 18.4. The predicted octanol–water partition coefficient (Wildman–Crippen LogP) is 1.59. The molecule has 0 bridgehead atoms. The van der Waals surface area contributed by atoms with Gasteiger partial charge in [-0.3, -0.25) is 9.89 Å². The first kappa shape index (κ1) is 19.5. The van der Waals surface area contributed by atoms with Crippen LogP contribution in [0.2, 0.25) is 0 Å². The second-order valence-electron chi connectivity index (χ2n) is 7.09. The summed E-state index contributed by atoms with van der Waals surface area (Å²) in [6.45, 7) is 9.43. The minimum absolute atomic E-state index is 0.265. The molecule has 1 aromatic rings. The predicted molar refractivity (Wildman–Crippen MR) is 106 cm³/mol. The summed E-state index contributed by atoms with van der Waals surface area (Å²) < 4.78 is 11.0. The highest BCUT2D eigenvalue weighted by atomic mass is 32.2. The van der Waals surface area contributed by atoms with Crippen molar-refractivity contribution >= 4 is 17.7 Å². The Hall–Kier alpha value is -1.25. The van der Waals surface area contributed by atoms with Crippen molar-refractivity contribution < 1.29 is 9.26 Å². The average Bonchev–Trinajstić information content (AvgIpc) is 3.09. The molecule has 0 atom stereocenters. The standard InChI is InChI=1S/C18H31N5O2S/c1-15-12-16(21-25-15)13-22-6-8-23(9-7-22)17(19-2)20-14-18(26-3)4-10-24-11-5-18/h12H,4-11,13-14H2,1-3H3,(H,19,20). The highest BCUT2D eigenvalue weighted by Crippen LogP contribution is 2.33. The number of aromatic nitrogens is 1. The van der Waals surface area contributed by atoms with Crippen LogP contribution in [0, 0.1) is 6.92 Å². The molecule has 26 heavy (non-hydrogen) atoms. The first-order chi connectivity index (χ1) is 12.6. The molecule has 0 amide bonds. The van der Waals surface area contributed by atoms with Crippen LogP contribution in [0.3, 0.4) is 0 Å². The van der Waals surface area contributed by atoms with E-state index in [1.807, 2.05) is 31.8 Å². The van der Waals surface area contributed by atoms with Gasteiger partial charge in [0.15, 0.2) is 5.96 Å². The number of hydrogen-bond donors (Lipinski definition) is 1. The van der Waals surface area contributed by atoms with E-state index in [-0.39, 0.29) is 4.75 Å². The third kappa shape index (κ3) is 4.92. The lowest BCUT2D eigenvalue weighted by Gasteiger charge is -2.39. The summed E-state index contributed by atoms with van der Waals surface area (Å²) in [7, 11) is 1.88. The zero-order valence-electron chi connectivity index (χ0n) is 16.2. The third-order valence-electron chi connectivity index (χ3n) is 5.35. The van der Waals surface area contributed by atoms with Crippen LogP contribution in [-0.4, -0.2) is 84.9 Å². The SMILES string of the molecule is CN=C(NCC1(SC)CCOCC1)N1CCN(Cc2cc(C)on2)CC1. The molecule has 0 aliphatic carbocycles. The molecular formula is C18H31N5O2S. The van der Waals surface area contributed by atoms with Crippen molar-refractivity contribution in [3.8, 4) is 0 Å². The molecule has 0 radical (unpaired) electrons. The molecule has 1 N–H and O–H groups in total. The monoisotopic (exact) mass is 381 g/mol. The number of ether oxygens (including phenoxy) is 1. The third-order valence-corrected chi connectivity index (χ3v) is 6.77. The van der Waals surface area contributed by atoms with E-state index in [2.05, 4.69) is 31.5 Å². The largest absolute Gasteiger partial charge is 0.381 e. The number of nitrogens with one attached hydrogen (secondary N) is 1. The molecule has 8 heteroatoms. The molecule has 7 nitrogen and oxygen atoms in total. The number of aryl methyl sites for hydroxylation is 1. The van der Waals surface area contributed by atoms with Gasteiger partial charge < -0.3 is 19.5 Å². The molecule has 3 heterocycles. The van der Waals surface area contributed by atoms with Gasteiger partial charge in [0.1, 0.15) is 5.76 Å². The molecule has 0 aromatic carbocycles. The molecular weight excluding hydrogens is 350 g/mol. The van der Waals surface area contributed by atoms with E-state index in [1.54, 1.807) is 0 Å². The van der Waals surface area contributed by atoms with Crippen molar-refractivity contribution in [2.24, 2.45) is 4.99 Å². The minimum atomic E-state index is 0.265. The number of piperazine rings is 1. The van der Waals surface area contributed by atoms with Gasteiger partial charge in [-0.15, -0.1) is 0 Å². The van der Waals surface area contributed by atoms with Gasteiger partial charge in [-0.25, -0.2) is 0 Å². The fourth-order valence-corrected chi connectivity index (χ4v) is 4.40. The quantitative estimate of drug-likeness (QED) is 0.614. The number of thioether (sulfide) groups is 1. The molecule has 2 fully saturated rings. The summed E-state index contributed by atoms with van der Waals surface area (Å²) in [6, 6.07) is 2.02. The minimum Gasteiger partial charge on any atom is -0.381 e. The maximum atomic E-state index is 5.54. The van der Waals surface area contributed by atoms with Crippen molar-refractivity contribution in [3.05, 3.63) is 17.5 Å². The Labute approximate surface area is 160 Å². The molecule has 0 spiro atoms. The summed E-state index contributed by atoms with van der Waals surface area (Å²) >= 11 is 1.96. The molecule has 2 aliphatic heterocycles. The molecule has 2 aliphatic rings. The number of aliphatic imine (C=N–C) groups is 1. The van der Waals surface area contributed by atoms with Crippen molar-refractivity contribution in [2.75, 3.05) is 59.2 Å². The van der Waals surface area contributed by atoms with Gasteiger partial charge in [0.25, 0.3) is 0 Å². The van der Waals surface area contributed by atoms with Gasteiger partial charge in [0.05, 0.1) is 5.69 Å². The van der Waals surface area contributed by atoms with Crippen LogP contribution < -0.4 is 5.32 Å². The van der Waals surface area contributed by atoms with Gasteiger partial charge in [0.2, 0.25) is 0 Å². The van der Waals surface area contributed by atoms with Gasteiger partial charge >= 0.3 is 0 Å². The number of hydrogen-bond acceptors (Lipinski definition) is 6. The maximum Gasteiger partial charge on any atom is 0.193 e. The van der Waals surface area contributed by atoms with Crippen molar-refractivity contribution in [1.82, 2.24) is 20.3 Å². The lowest BCUT2D eigenvalue weighted by atomic mass is 9.99. The van der Waals surface area contributed by atoms with E-state index in [9.17, 15) is 0 Å². The van der Waals surface area contributed by atoms with Crippen LogP contribution in [0.1, 0.15) is 24.3 Å². The van der Waals surface area contributed by atoms with Gasteiger partial charge in [-0.1, -0.05) is 5.16 Å². The zero-order valence-corrected chi connectivity index (χ0v) is 17.0. The number of nitrogens with zero attached hydrogens (tertiary/aromatic N) is 4. The van der Waals surface area contributed by atoms with Crippen molar-refractivity contribution in [1.29, 1.82) is 0 Å². The topological polar surface area (TPSA) is 66.1 Å². The molecule has 0 unspecified atom stereocenters. The second kappa shape index (κ2) is 9.10. The fourth-order valence-electron chi connectivity index (χ4n) is 3.61. The number of rotatable bonds is 5. The van der Waals surface area contributed by atoms with Crippen LogP contribution in [0.25, 0.3) is 0 Å². The Balaban J connectivity index is 1.47. The maximum absolute atomic E-state index is 5.54. The highest BCUT2D eigenvalue weighted by Gasteiger charge is 2.32.